The van der Waals surface area contributed by atoms with Crippen LogP contribution >= 0.6 is 24.2 Å². The fraction of sp³-hybridized carbons (Fsp3) is 0.417. The maximum Gasteiger partial charge on any atom is 0.253 e. The number of hydrogen-bond donors (Lipinski definition) is 2. The van der Waals surface area contributed by atoms with Crippen LogP contribution in [0, 0.1) is 0 Å². The van der Waals surface area contributed by atoms with E-state index in [4.69, 9.17) is 5.73 Å². The highest BCUT2D eigenvalue weighted by Gasteiger charge is 2.17. The number of hydrogen-bond acceptors (Lipinski definition) is 3. The number of thioether (sulfide) groups is 1. The zero-order chi connectivity index (χ0) is 11.4. The third-order valence-electron chi connectivity index (χ3n) is 2.76. The Morgan fingerprint density at radius 3 is 2.59 bits per heavy atom. The average molecular weight is 273 g/mol. The average Bonchev–Trinajstić information content (AvgIpc) is 2.31. The molecule has 1 heterocycles. The summed E-state index contributed by atoms with van der Waals surface area (Å²) in [6, 6.07) is 7.51. The Bertz CT molecular complexity index is 381. The summed E-state index contributed by atoms with van der Waals surface area (Å²) < 4.78 is 0. The molecule has 3 nitrogen and oxygen atoms in total. The molecule has 0 aromatic heterocycles. The van der Waals surface area contributed by atoms with Gasteiger partial charge < -0.3 is 11.1 Å². The molecule has 5 heteroatoms. The van der Waals surface area contributed by atoms with Gasteiger partial charge in [-0.2, -0.15) is 11.8 Å². The Kier molecular flexibility index (Phi) is 5.65. The van der Waals surface area contributed by atoms with Crippen LogP contribution in [0.3, 0.4) is 0 Å². The number of carbonyl (C=O) groups excluding carboxylic acids is 1. The quantitative estimate of drug-likeness (QED) is 0.813. The second-order valence-corrected chi connectivity index (χ2v) is 5.17. The Balaban J connectivity index is 0.00000144. The van der Waals surface area contributed by atoms with Crippen molar-refractivity contribution < 1.29 is 4.79 Å². The molecule has 0 radical (unpaired) electrons. The highest BCUT2D eigenvalue weighted by molar-refractivity contribution is 7.99. The number of nitrogens with two attached hydrogens (primary N) is 1. The molecule has 0 spiro atoms. The van der Waals surface area contributed by atoms with E-state index >= 15 is 0 Å². The Morgan fingerprint density at radius 2 is 1.94 bits per heavy atom. The molecule has 0 atom stereocenters. The van der Waals surface area contributed by atoms with Crippen LogP contribution in [0.2, 0.25) is 0 Å². The predicted octanol–water partition coefficient (Wildman–Crippen LogP) is 2.32. The van der Waals surface area contributed by atoms with Gasteiger partial charge in [0.05, 0.1) is 5.56 Å². The summed E-state index contributed by atoms with van der Waals surface area (Å²) in [6.45, 7) is 0. The maximum atomic E-state index is 11.9. The van der Waals surface area contributed by atoms with Crippen molar-refractivity contribution in [1.82, 2.24) is 5.32 Å². The van der Waals surface area contributed by atoms with Gasteiger partial charge in [-0.25, -0.2) is 0 Å². The highest BCUT2D eigenvalue weighted by Crippen LogP contribution is 2.18. The smallest absolute Gasteiger partial charge is 0.253 e. The lowest BCUT2D eigenvalue weighted by Gasteiger charge is -2.22. The van der Waals surface area contributed by atoms with E-state index in [1.165, 1.54) is 0 Å². The van der Waals surface area contributed by atoms with Crippen molar-refractivity contribution in [2.24, 2.45) is 0 Å². The molecule has 1 saturated heterocycles. The van der Waals surface area contributed by atoms with Gasteiger partial charge in [0.25, 0.3) is 5.91 Å². The van der Waals surface area contributed by atoms with E-state index in [1.807, 2.05) is 23.9 Å². The van der Waals surface area contributed by atoms with E-state index in [0.29, 0.717) is 17.3 Å². The molecule has 1 aromatic carbocycles. The SMILES string of the molecule is Cl.Nc1ccccc1C(=O)NC1CCSCC1. The lowest BCUT2D eigenvalue weighted by atomic mass is 10.1. The summed E-state index contributed by atoms with van der Waals surface area (Å²) in [7, 11) is 0. The van der Waals surface area contributed by atoms with E-state index in [9.17, 15) is 4.79 Å². The number of nitrogen functional groups attached to an aromatic ring is 1. The number of para-hydroxylation sites is 1. The van der Waals surface area contributed by atoms with Crippen molar-refractivity contribution in [3.05, 3.63) is 29.8 Å². The van der Waals surface area contributed by atoms with Gasteiger partial charge in [0.2, 0.25) is 0 Å². The first kappa shape index (κ1) is 14.2. The van der Waals surface area contributed by atoms with Crippen LogP contribution in [-0.2, 0) is 0 Å². The van der Waals surface area contributed by atoms with Crippen LogP contribution < -0.4 is 11.1 Å². The fourth-order valence-electron chi connectivity index (χ4n) is 1.81. The Morgan fingerprint density at radius 1 is 1.29 bits per heavy atom. The first-order valence-corrected chi connectivity index (χ1v) is 6.66. The third kappa shape index (κ3) is 3.82. The largest absolute Gasteiger partial charge is 0.398 e. The van der Waals surface area contributed by atoms with Gasteiger partial charge in [-0.1, -0.05) is 12.1 Å². The van der Waals surface area contributed by atoms with Gasteiger partial charge in [0.15, 0.2) is 0 Å². The molecular weight excluding hydrogens is 256 g/mol. The minimum atomic E-state index is -0.0463. The zero-order valence-corrected chi connectivity index (χ0v) is 11.2. The van der Waals surface area contributed by atoms with Crippen molar-refractivity contribution >= 4 is 35.8 Å². The molecule has 2 rings (SSSR count). The normalized spacial score (nSPS) is 16.0. The lowest BCUT2D eigenvalue weighted by molar-refractivity contribution is 0.0936. The molecule has 1 fully saturated rings. The van der Waals surface area contributed by atoms with E-state index in [2.05, 4.69) is 5.32 Å². The molecule has 1 aromatic rings. The summed E-state index contributed by atoms with van der Waals surface area (Å²) in [5.74, 6) is 2.22. The molecule has 0 bridgehead atoms. The van der Waals surface area contributed by atoms with Gasteiger partial charge in [-0.3, -0.25) is 4.79 Å². The second kappa shape index (κ2) is 6.77. The van der Waals surface area contributed by atoms with Gasteiger partial charge in [0, 0.05) is 11.7 Å². The van der Waals surface area contributed by atoms with Crippen LogP contribution in [0.1, 0.15) is 23.2 Å². The van der Waals surface area contributed by atoms with Gasteiger partial charge in [0.1, 0.15) is 0 Å². The van der Waals surface area contributed by atoms with Crippen molar-refractivity contribution in [3.8, 4) is 0 Å². The molecule has 0 saturated carbocycles. The summed E-state index contributed by atoms with van der Waals surface area (Å²) in [4.78, 5) is 11.9. The number of rotatable bonds is 2. The standard InChI is InChI=1S/C12H16N2OS.ClH/c13-11-4-2-1-3-10(11)12(15)14-9-5-7-16-8-6-9;/h1-4,9H,5-8,13H2,(H,14,15);1H. The Labute approximate surface area is 112 Å². The number of carbonyl (C=O) groups is 1. The van der Waals surface area contributed by atoms with Crippen LogP contribution in [0.25, 0.3) is 0 Å². The van der Waals surface area contributed by atoms with Crippen LogP contribution in [0.4, 0.5) is 5.69 Å². The lowest BCUT2D eigenvalue weighted by Crippen LogP contribution is -2.37. The van der Waals surface area contributed by atoms with Crippen LogP contribution in [0.5, 0.6) is 0 Å². The van der Waals surface area contributed by atoms with Crippen molar-refractivity contribution in [1.29, 1.82) is 0 Å². The summed E-state index contributed by atoms with van der Waals surface area (Å²) in [5, 5.41) is 3.04. The fourth-order valence-corrected chi connectivity index (χ4v) is 2.92. The number of amides is 1. The molecule has 1 aliphatic rings. The second-order valence-electron chi connectivity index (χ2n) is 3.95. The molecule has 1 aliphatic heterocycles. The van der Waals surface area contributed by atoms with Crippen molar-refractivity contribution in [2.75, 3.05) is 17.2 Å². The van der Waals surface area contributed by atoms with Gasteiger partial charge in [-0.05, 0) is 36.5 Å². The summed E-state index contributed by atoms with van der Waals surface area (Å²) in [5.41, 5.74) is 6.89. The van der Waals surface area contributed by atoms with Crippen LogP contribution in [0.15, 0.2) is 24.3 Å². The van der Waals surface area contributed by atoms with Crippen molar-refractivity contribution in [2.45, 2.75) is 18.9 Å². The molecular formula is C12H17ClN2OS. The summed E-state index contributed by atoms with van der Waals surface area (Å²) >= 11 is 1.95. The molecule has 1 amide bonds. The van der Waals surface area contributed by atoms with E-state index in [-0.39, 0.29) is 18.3 Å². The monoisotopic (exact) mass is 272 g/mol. The highest BCUT2D eigenvalue weighted by atomic mass is 35.5. The third-order valence-corrected chi connectivity index (χ3v) is 3.81. The number of benzene rings is 1. The Hall–Kier alpha value is -0.870. The zero-order valence-electron chi connectivity index (χ0n) is 9.52. The maximum absolute atomic E-state index is 11.9. The van der Waals surface area contributed by atoms with Crippen LogP contribution in [-0.4, -0.2) is 23.5 Å². The van der Waals surface area contributed by atoms with E-state index in [0.717, 1.165) is 24.3 Å². The van der Waals surface area contributed by atoms with Gasteiger partial charge in [-0.15, -0.1) is 12.4 Å². The minimum Gasteiger partial charge on any atom is -0.398 e. The first-order valence-electron chi connectivity index (χ1n) is 5.50. The van der Waals surface area contributed by atoms with E-state index in [1.54, 1.807) is 12.1 Å². The van der Waals surface area contributed by atoms with Crippen molar-refractivity contribution in [3.63, 3.8) is 0 Å². The number of anilines is 1. The molecule has 0 aliphatic carbocycles. The molecule has 17 heavy (non-hydrogen) atoms. The van der Waals surface area contributed by atoms with Gasteiger partial charge >= 0.3 is 0 Å². The van der Waals surface area contributed by atoms with E-state index < -0.39 is 0 Å². The summed E-state index contributed by atoms with van der Waals surface area (Å²) in [6.07, 6.45) is 2.12. The topological polar surface area (TPSA) is 55.1 Å². The molecule has 94 valence electrons. The number of halogens is 1. The minimum absolute atomic E-state index is 0. The number of nitrogens with one attached hydrogen (secondary N) is 1. The predicted molar refractivity (Wildman–Crippen MR) is 75.9 cm³/mol. The molecule has 0 unspecified atom stereocenters. The molecule has 3 N–H and O–H groups in total. The first-order chi connectivity index (χ1) is 7.77.